The second-order valence-electron chi connectivity index (χ2n) is 16.4. The topological polar surface area (TPSA) is 111 Å². The molecule has 0 bridgehead atoms. The van der Waals surface area contributed by atoms with E-state index in [-0.39, 0.29) is 32.0 Å². The smallest absolute Gasteiger partial charge is 0.306 e. The van der Waals surface area contributed by atoms with Crippen molar-refractivity contribution in [2.24, 2.45) is 0 Å². The number of quaternary nitrogens is 1. The number of allylic oxidation sites excluding steroid dienone is 2. The molecule has 0 fully saturated rings. The van der Waals surface area contributed by atoms with Crippen molar-refractivity contribution in [2.45, 2.75) is 213 Å². The summed E-state index contributed by atoms with van der Waals surface area (Å²) < 4.78 is 33.9. The van der Waals surface area contributed by atoms with E-state index in [9.17, 15) is 19.0 Å². The maximum absolute atomic E-state index is 12.6. The maximum Gasteiger partial charge on any atom is 0.306 e. The number of rotatable bonds is 41. The van der Waals surface area contributed by atoms with Crippen LogP contribution in [0.2, 0.25) is 0 Å². The van der Waals surface area contributed by atoms with Crippen LogP contribution in [0.5, 0.6) is 0 Å². The third-order valence-corrected chi connectivity index (χ3v) is 10.7. The number of hydrogen-bond acceptors (Lipinski definition) is 8. The third kappa shape index (κ3) is 40.4. The Balaban J connectivity index is 4.31. The second-order valence-corrected chi connectivity index (χ2v) is 17.8. The summed E-state index contributed by atoms with van der Waals surface area (Å²) in [6.07, 6.45) is 38.0. The molecule has 0 aliphatic carbocycles. The molecule has 0 saturated heterocycles. The number of hydrogen-bond donors (Lipinski definition) is 0. The second kappa shape index (κ2) is 37.3. The molecule has 320 valence electrons. The number of carbonyl (C=O) groups excluding carboxylic acids is 2. The Morgan fingerprint density at radius 1 is 0.556 bits per heavy atom. The Morgan fingerprint density at radius 3 is 1.39 bits per heavy atom. The highest BCUT2D eigenvalue weighted by molar-refractivity contribution is 7.45. The molecule has 0 aromatic rings. The minimum atomic E-state index is -4.62. The van der Waals surface area contributed by atoms with Crippen molar-refractivity contribution < 1.29 is 42.1 Å². The van der Waals surface area contributed by atoms with Crippen LogP contribution in [0.25, 0.3) is 0 Å². The van der Waals surface area contributed by atoms with E-state index < -0.39 is 26.5 Å². The quantitative estimate of drug-likeness (QED) is 0.0198. The zero-order chi connectivity index (χ0) is 40.0. The van der Waals surface area contributed by atoms with Gasteiger partial charge in [0.25, 0.3) is 7.82 Å². The van der Waals surface area contributed by atoms with E-state index in [0.29, 0.717) is 17.4 Å². The molecule has 0 rings (SSSR count). The lowest BCUT2D eigenvalue weighted by Crippen LogP contribution is -2.37. The molecule has 2 unspecified atom stereocenters. The van der Waals surface area contributed by atoms with Crippen molar-refractivity contribution >= 4 is 19.8 Å². The van der Waals surface area contributed by atoms with Crippen LogP contribution in [0.15, 0.2) is 12.2 Å². The average Bonchev–Trinajstić information content (AvgIpc) is 3.12. The van der Waals surface area contributed by atoms with Gasteiger partial charge < -0.3 is 27.9 Å². The summed E-state index contributed by atoms with van der Waals surface area (Å²) in [6.45, 7) is 4.22. The van der Waals surface area contributed by atoms with Crippen molar-refractivity contribution in [3.05, 3.63) is 12.2 Å². The van der Waals surface area contributed by atoms with Gasteiger partial charge in [0.1, 0.15) is 19.8 Å². The zero-order valence-corrected chi connectivity index (χ0v) is 36.8. The van der Waals surface area contributed by atoms with Crippen molar-refractivity contribution in [1.82, 2.24) is 0 Å². The fraction of sp³-hybridized carbons (Fsp3) is 0.909. The predicted molar refractivity (Wildman–Crippen MR) is 222 cm³/mol. The van der Waals surface area contributed by atoms with Crippen LogP contribution in [-0.2, 0) is 32.7 Å². The monoisotopic (exact) mass is 788 g/mol. The molecule has 0 aliphatic rings. The lowest BCUT2D eigenvalue weighted by atomic mass is 10.0. The van der Waals surface area contributed by atoms with Gasteiger partial charge >= 0.3 is 11.9 Å². The van der Waals surface area contributed by atoms with Gasteiger partial charge in [0.2, 0.25) is 0 Å². The van der Waals surface area contributed by atoms with Crippen LogP contribution in [-0.4, -0.2) is 70.0 Å². The zero-order valence-electron chi connectivity index (χ0n) is 35.9. The largest absolute Gasteiger partial charge is 0.756 e. The first-order valence-corrected chi connectivity index (χ1v) is 23.9. The summed E-state index contributed by atoms with van der Waals surface area (Å²) in [7, 11) is 1.17. The number of nitrogens with zero attached hydrogens (tertiary/aromatic N) is 1. The third-order valence-electron chi connectivity index (χ3n) is 9.79. The SMILES string of the molecule is CCCCCC/C=C\CCCCCCCC(=O)OC(COC(=O)CCCCCCCCCCCCCCCCCCC)COP(=O)([O-])OCC[N+](C)(C)C. The average molecular weight is 788 g/mol. The number of esters is 2. The molecule has 0 spiro atoms. The van der Waals surface area contributed by atoms with Crippen molar-refractivity contribution in [1.29, 1.82) is 0 Å². The molecule has 54 heavy (non-hydrogen) atoms. The fourth-order valence-electron chi connectivity index (χ4n) is 6.24. The lowest BCUT2D eigenvalue weighted by molar-refractivity contribution is -0.870. The standard InChI is InChI=1S/C44H86NO8P/c1-6-8-10-12-14-16-18-20-21-22-23-25-26-28-30-32-34-36-43(46)50-40-42(41-52-54(48,49)51-39-38-45(3,4)5)53-44(47)37-35-33-31-29-27-24-19-17-15-13-11-9-7-2/h17,19,42H,6-16,18,20-41H2,1-5H3/b19-17-. The maximum atomic E-state index is 12.6. The molecular weight excluding hydrogens is 701 g/mol. The number of carbonyl (C=O) groups is 2. The van der Waals surface area contributed by atoms with Crippen LogP contribution in [0.4, 0.5) is 0 Å². The molecule has 0 heterocycles. The van der Waals surface area contributed by atoms with Crippen molar-refractivity contribution in [2.75, 3.05) is 47.5 Å². The summed E-state index contributed by atoms with van der Waals surface area (Å²) in [4.78, 5) is 37.5. The van der Waals surface area contributed by atoms with Gasteiger partial charge in [-0.15, -0.1) is 0 Å². The molecular formula is C44H86NO8P. The van der Waals surface area contributed by atoms with E-state index in [4.69, 9.17) is 18.5 Å². The highest BCUT2D eigenvalue weighted by Crippen LogP contribution is 2.38. The summed E-state index contributed by atoms with van der Waals surface area (Å²) in [5, 5.41) is 0. The number of phosphoric ester groups is 1. The molecule has 2 atom stereocenters. The van der Waals surface area contributed by atoms with Crippen molar-refractivity contribution in [3.8, 4) is 0 Å². The van der Waals surface area contributed by atoms with Gasteiger partial charge in [-0.25, -0.2) is 0 Å². The minimum Gasteiger partial charge on any atom is -0.756 e. The van der Waals surface area contributed by atoms with Gasteiger partial charge in [-0.3, -0.25) is 14.2 Å². The number of phosphoric acid groups is 1. The van der Waals surface area contributed by atoms with Gasteiger partial charge in [0, 0.05) is 12.8 Å². The van der Waals surface area contributed by atoms with E-state index in [1.807, 2.05) is 21.1 Å². The Morgan fingerprint density at radius 2 is 0.944 bits per heavy atom. The highest BCUT2D eigenvalue weighted by Gasteiger charge is 2.21. The van der Waals surface area contributed by atoms with Gasteiger partial charge in [-0.1, -0.05) is 167 Å². The van der Waals surface area contributed by atoms with Crippen LogP contribution in [0, 0.1) is 0 Å². The molecule has 9 nitrogen and oxygen atoms in total. The minimum absolute atomic E-state index is 0.0294. The lowest BCUT2D eigenvalue weighted by Gasteiger charge is -2.28. The summed E-state index contributed by atoms with van der Waals surface area (Å²) in [6, 6.07) is 0. The molecule has 0 amide bonds. The summed E-state index contributed by atoms with van der Waals surface area (Å²) >= 11 is 0. The molecule has 0 N–H and O–H groups in total. The molecule has 0 radical (unpaired) electrons. The Bertz CT molecular complexity index is 938. The summed E-state index contributed by atoms with van der Waals surface area (Å²) in [5.74, 6) is -0.835. The van der Waals surface area contributed by atoms with Gasteiger partial charge in [0.05, 0.1) is 27.7 Å². The van der Waals surface area contributed by atoms with E-state index >= 15 is 0 Å². The van der Waals surface area contributed by atoms with Crippen LogP contribution in [0.1, 0.15) is 206 Å². The van der Waals surface area contributed by atoms with E-state index in [2.05, 4.69) is 26.0 Å². The first-order chi connectivity index (χ1) is 26.0. The van der Waals surface area contributed by atoms with E-state index in [0.717, 1.165) is 51.4 Å². The molecule has 0 aromatic carbocycles. The van der Waals surface area contributed by atoms with E-state index in [1.165, 1.54) is 122 Å². The predicted octanol–water partition coefficient (Wildman–Crippen LogP) is 11.9. The molecule has 10 heteroatoms. The van der Waals surface area contributed by atoms with Crippen LogP contribution in [0.3, 0.4) is 0 Å². The summed E-state index contributed by atoms with van der Waals surface area (Å²) in [5.41, 5.74) is 0. The van der Waals surface area contributed by atoms with Crippen LogP contribution >= 0.6 is 7.82 Å². The van der Waals surface area contributed by atoms with Crippen LogP contribution < -0.4 is 4.89 Å². The first-order valence-electron chi connectivity index (χ1n) is 22.4. The number of ether oxygens (including phenoxy) is 2. The Labute approximate surface area is 333 Å². The Kier molecular flexibility index (Phi) is 36.5. The highest BCUT2D eigenvalue weighted by atomic mass is 31.2. The molecule has 0 saturated carbocycles. The Hall–Kier alpha value is -1.25. The van der Waals surface area contributed by atoms with Gasteiger partial charge in [-0.05, 0) is 38.5 Å². The van der Waals surface area contributed by atoms with Gasteiger partial charge in [-0.2, -0.15) is 0 Å². The number of likely N-dealkylation sites (N-methyl/N-ethyl adjacent to an activating group) is 1. The first kappa shape index (κ1) is 52.8. The fourth-order valence-corrected chi connectivity index (χ4v) is 6.97. The number of unbranched alkanes of at least 4 members (excludes halogenated alkanes) is 25. The van der Waals surface area contributed by atoms with Crippen molar-refractivity contribution in [3.63, 3.8) is 0 Å². The van der Waals surface area contributed by atoms with E-state index in [1.54, 1.807) is 0 Å². The van der Waals surface area contributed by atoms with Gasteiger partial charge in [0.15, 0.2) is 6.10 Å². The normalized spacial score (nSPS) is 13.7. The molecule has 0 aromatic heterocycles. The molecule has 0 aliphatic heterocycles.